The highest BCUT2D eigenvalue weighted by Gasteiger charge is 2.54. The number of hydrazone groups is 2. The zero-order chi connectivity index (χ0) is 26.9. The van der Waals surface area contributed by atoms with Crippen LogP contribution in [0.15, 0.2) is 70.9 Å². The van der Waals surface area contributed by atoms with Crippen LogP contribution in [0.5, 0.6) is 0 Å². The molecule has 2 aliphatic rings. The number of para-hydroxylation sites is 2. The molecule has 2 aliphatic heterocycles. The van der Waals surface area contributed by atoms with Crippen LogP contribution in [0.4, 0.5) is 11.4 Å². The van der Waals surface area contributed by atoms with Crippen molar-refractivity contribution in [3.63, 3.8) is 0 Å². The summed E-state index contributed by atoms with van der Waals surface area (Å²) in [4.78, 5) is 13.7. The maximum absolute atomic E-state index is 13.7. The third-order valence-corrected chi connectivity index (χ3v) is 7.00. The number of amides is 1. The maximum Gasteiger partial charge on any atom is 0.256 e. The first-order valence-electron chi connectivity index (χ1n) is 12.0. The van der Waals surface area contributed by atoms with Crippen molar-refractivity contribution in [2.45, 2.75) is 44.5 Å². The fraction of sp³-hybridized carbons (Fsp3) is 0.423. The Morgan fingerprint density at radius 3 is 1.95 bits per heavy atom. The fourth-order valence-corrected chi connectivity index (χ4v) is 5.09. The van der Waals surface area contributed by atoms with Crippen molar-refractivity contribution in [1.82, 2.24) is 0 Å². The van der Waals surface area contributed by atoms with Gasteiger partial charge in [0.2, 0.25) is 0 Å². The second-order valence-corrected chi connectivity index (χ2v) is 9.36. The Hall–Kier alpha value is -3.19. The topological polar surface area (TPSA) is 170 Å². The number of rotatable bonds is 9. The lowest BCUT2D eigenvalue weighted by Gasteiger charge is -2.38. The van der Waals surface area contributed by atoms with Crippen molar-refractivity contribution < 1.29 is 35.4 Å². The van der Waals surface area contributed by atoms with Gasteiger partial charge in [-0.2, -0.15) is 10.2 Å². The normalized spacial score (nSPS) is 25.9. The Kier molecular flexibility index (Phi) is 8.02. The second-order valence-electron chi connectivity index (χ2n) is 9.36. The van der Waals surface area contributed by atoms with E-state index in [-0.39, 0.29) is 0 Å². The van der Waals surface area contributed by atoms with E-state index in [4.69, 9.17) is 0 Å². The molecule has 8 unspecified atom stereocenters. The molecule has 198 valence electrons. The molecule has 0 aliphatic carbocycles. The summed E-state index contributed by atoms with van der Waals surface area (Å²) in [5.74, 6) is -3.75. The zero-order valence-corrected chi connectivity index (χ0v) is 20.5. The van der Waals surface area contributed by atoms with Gasteiger partial charge in [-0.25, -0.2) is 10.0 Å². The Morgan fingerprint density at radius 2 is 1.38 bits per heavy atom. The van der Waals surface area contributed by atoms with Crippen LogP contribution in [0, 0.1) is 17.8 Å². The summed E-state index contributed by atoms with van der Waals surface area (Å²) in [6, 6.07) is 17.5. The third-order valence-electron chi connectivity index (χ3n) is 7.00. The predicted molar refractivity (Wildman–Crippen MR) is 137 cm³/mol. The highest BCUT2D eigenvalue weighted by atomic mass is 16.4. The number of aliphatic hydroxyl groups excluding tert-OH is 6. The smallest absolute Gasteiger partial charge is 0.256 e. The minimum Gasteiger partial charge on any atom is -0.394 e. The Bertz CT molecular complexity index is 1150. The number of aliphatic hydroxyl groups is 6. The van der Waals surface area contributed by atoms with Crippen molar-refractivity contribution in [2.24, 2.45) is 28.0 Å². The van der Waals surface area contributed by atoms with Gasteiger partial charge in [0.25, 0.3) is 5.91 Å². The summed E-state index contributed by atoms with van der Waals surface area (Å²) in [5.41, 5.74) is 1.81. The molecule has 6 N–H and O–H groups in total. The summed E-state index contributed by atoms with van der Waals surface area (Å²) in [6.45, 7) is 2.40. The summed E-state index contributed by atoms with van der Waals surface area (Å²) < 4.78 is 0. The van der Waals surface area contributed by atoms with Crippen molar-refractivity contribution in [2.75, 3.05) is 16.6 Å². The van der Waals surface area contributed by atoms with Gasteiger partial charge in [0.1, 0.15) is 18.3 Å². The predicted octanol–water partition coefficient (Wildman–Crippen LogP) is -0.0919. The molecule has 0 fully saturated rings. The molecule has 8 atom stereocenters. The summed E-state index contributed by atoms with van der Waals surface area (Å²) in [6.07, 6.45) is -8.73. The minimum absolute atomic E-state index is 0.334. The first kappa shape index (κ1) is 26.9. The number of carbonyl (C=O) groups is 1. The van der Waals surface area contributed by atoms with E-state index in [1.54, 1.807) is 68.4 Å². The van der Waals surface area contributed by atoms with E-state index in [0.29, 0.717) is 22.8 Å². The van der Waals surface area contributed by atoms with E-state index in [2.05, 4.69) is 10.2 Å². The van der Waals surface area contributed by atoms with Crippen LogP contribution in [0.25, 0.3) is 0 Å². The standard InChI is InChI=1S/C26H32N4O7/c1-14-19(25(36)29(27-14)16-9-5-3-6-10-16)21(23(34)24(35)22(33)18(32)13-31)20-15(2)28-30(26(20)37)17-11-7-4-8-12-17/h3-12,18-25,31-36H,13H2,1-2H3. The van der Waals surface area contributed by atoms with Crippen LogP contribution in [-0.2, 0) is 4.79 Å². The molecule has 2 aromatic carbocycles. The van der Waals surface area contributed by atoms with Crippen LogP contribution in [0.2, 0.25) is 0 Å². The molecule has 11 nitrogen and oxygen atoms in total. The number of hydrogen-bond donors (Lipinski definition) is 6. The zero-order valence-electron chi connectivity index (χ0n) is 20.5. The van der Waals surface area contributed by atoms with Crippen LogP contribution in [-0.4, -0.2) is 85.2 Å². The quantitative estimate of drug-likeness (QED) is 0.271. The molecule has 0 aromatic heterocycles. The molecule has 4 rings (SSSR count). The number of hydrogen-bond acceptors (Lipinski definition) is 10. The summed E-state index contributed by atoms with van der Waals surface area (Å²) in [7, 11) is 0. The fourth-order valence-electron chi connectivity index (χ4n) is 5.09. The van der Waals surface area contributed by atoms with Crippen molar-refractivity contribution in [3.05, 3.63) is 60.7 Å². The van der Waals surface area contributed by atoms with E-state index in [0.717, 1.165) is 0 Å². The van der Waals surface area contributed by atoms with E-state index < -0.39 is 60.9 Å². The largest absolute Gasteiger partial charge is 0.394 e. The molecule has 0 radical (unpaired) electrons. The van der Waals surface area contributed by atoms with E-state index in [1.807, 2.05) is 6.07 Å². The highest BCUT2D eigenvalue weighted by molar-refractivity contribution is 6.15. The van der Waals surface area contributed by atoms with Gasteiger partial charge < -0.3 is 30.6 Å². The van der Waals surface area contributed by atoms with E-state index in [1.165, 1.54) is 10.0 Å². The average Bonchev–Trinajstić information content (AvgIpc) is 3.38. The maximum atomic E-state index is 13.7. The molecule has 11 heteroatoms. The van der Waals surface area contributed by atoms with Gasteiger partial charge in [-0.05, 0) is 38.1 Å². The molecular formula is C26H32N4O7. The second kappa shape index (κ2) is 11.1. The first-order valence-corrected chi connectivity index (χ1v) is 12.0. The van der Waals surface area contributed by atoms with Crippen LogP contribution < -0.4 is 10.0 Å². The minimum atomic E-state index is -1.95. The molecule has 1 amide bonds. The van der Waals surface area contributed by atoms with Crippen molar-refractivity contribution >= 4 is 28.7 Å². The lowest BCUT2D eigenvalue weighted by Crippen LogP contribution is -2.55. The number of nitrogens with zero attached hydrogens (tertiary/aromatic N) is 4. The highest BCUT2D eigenvalue weighted by Crippen LogP contribution is 2.41. The molecule has 0 saturated heterocycles. The van der Waals surface area contributed by atoms with Crippen molar-refractivity contribution in [3.8, 4) is 0 Å². The van der Waals surface area contributed by atoms with Gasteiger partial charge in [0.05, 0.1) is 35.9 Å². The first-order chi connectivity index (χ1) is 17.7. The lowest BCUT2D eigenvalue weighted by molar-refractivity contribution is -0.143. The lowest BCUT2D eigenvalue weighted by atomic mass is 9.71. The Balaban J connectivity index is 1.74. The monoisotopic (exact) mass is 512 g/mol. The van der Waals surface area contributed by atoms with Crippen molar-refractivity contribution in [1.29, 1.82) is 0 Å². The van der Waals surface area contributed by atoms with Gasteiger partial charge in [-0.3, -0.25) is 4.79 Å². The van der Waals surface area contributed by atoms with Gasteiger partial charge in [0, 0.05) is 17.3 Å². The van der Waals surface area contributed by atoms with Gasteiger partial charge in [0.15, 0.2) is 6.23 Å². The van der Waals surface area contributed by atoms with Crippen LogP contribution in [0.1, 0.15) is 13.8 Å². The Labute approximate surface area is 214 Å². The number of carbonyl (C=O) groups excluding carboxylic acids is 1. The Morgan fingerprint density at radius 1 is 0.811 bits per heavy atom. The van der Waals surface area contributed by atoms with Crippen LogP contribution >= 0.6 is 0 Å². The number of anilines is 2. The third kappa shape index (κ3) is 5.01. The molecular weight excluding hydrogens is 480 g/mol. The molecule has 37 heavy (non-hydrogen) atoms. The van der Waals surface area contributed by atoms with Crippen LogP contribution in [0.3, 0.4) is 0 Å². The van der Waals surface area contributed by atoms with E-state index in [9.17, 15) is 35.4 Å². The molecule has 0 spiro atoms. The van der Waals surface area contributed by atoms with Gasteiger partial charge in [-0.1, -0.05) is 36.4 Å². The summed E-state index contributed by atoms with van der Waals surface area (Å²) in [5, 5.41) is 74.5. The summed E-state index contributed by atoms with van der Waals surface area (Å²) >= 11 is 0. The molecule has 0 bridgehead atoms. The SMILES string of the molecule is CC1=NN(c2ccccc2)C(=O)C1C(C(O)C(O)C(O)C(O)CO)C1C(C)=NN(c2ccccc2)C1O. The number of benzene rings is 2. The molecule has 2 aromatic rings. The van der Waals surface area contributed by atoms with Gasteiger partial charge in [-0.15, -0.1) is 0 Å². The average molecular weight is 513 g/mol. The van der Waals surface area contributed by atoms with Gasteiger partial charge >= 0.3 is 0 Å². The van der Waals surface area contributed by atoms with E-state index >= 15 is 0 Å². The molecule has 0 saturated carbocycles. The molecule has 2 heterocycles.